The highest BCUT2D eigenvalue weighted by Crippen LogP contribution is 2.35. The zero-order valence-corrected chi connectivity index (χ0v) is 18.2. The van der Waals surface area contributed by atoms with Crippen molar-refractivity contribution in [3.8, 4) is 16.9 Å². The van der Waals surface area contributed by atoms with Crippen LogP contribution in [-0.2, 0) is 0 Å². The first-order valence-corrected chi connectivity index (χ1v) is 10.5. The Morgan fingerprint density at radius 3 is 2.48 bits per heavy atom. The van der Waals surface area contributed by atoms with Crippen molar-refractivity contribution in [2.75, 3.05) is 6.61 Å². The van der Waals surface area contributed by atoms with Gasteiger partial charge in [0.2, 0.25) is 0 Å². The number of hydrogen-bond acceptors (Lipinski definition) is 3. The maximum absolute atomic E-state index is 13.3. The topological polar surface area (TPSA) is 39.2 Å². The highest BCUT2D eigenvalue weighted by atomic mass is 35.5. The quantitative estimate of drug-likeness (QED) is 0.242. The van der Waals surface area contributed by atoms with Gasteiger partial charge in [0.25, 0.3) is 0 Å². The summed E-state index contributed by atoms with van der Waals surface area (Å²) in [4.78, 5) is 18.0. The van der Waals surface area contributed by atoms with Crippen LogP contribution in [0.1, 0.15) is 28.5 Å². The van der Waals surface area contributed by atoms with E-state index in [2.05, 4.69) is 4.98 Å². The lowest BCUT2D eigenvalue weighted by molar-refractivity contribution is 0.104. The van der Waals surface area contributed by atoms with Gasteiger partial charge in [-0.05, 0) is 61.4 Å². The summed E-state index contributed by atoms with van der Waals surface area (Å²) in [6.45, 7) is 4.44. The van der Waals surface area contributed by atoms with E-state index in [9.17, 15) is 4.79 Å². The summed E-state index contributed by atoms with van der Waals surface area (Å²) < 4.78 is 5.48. The molecule has 0 bridgehead atoms. The fraction of sp³-hybridized carbons (Fsp3) is 0.111. The van der Waals surface area contributed by atoms with E-state index >= 15 is 0 Å². The number of carbonyl (C=O) groups excluding carboxylic acids is 1. The first kappa shape index (κ1) is 20.8. The average molecular weight is 428 g/mol. The summed E-state index contributed by atoms with van der Waals surface area (Å²) in [5.41, 5.74) is 4.82. The number of hydrogen-bond donors (Lipinski definition) is 0. The molecule has 4 heteroatoms. The number of ether oxygens (including phenoxy) is 1. The van der Waals surface area contributed by atoms with E-state index in [0.717, 1.165) is 33.3 Å². The molecule has 0 aliphatic rings. The molecule has 31 heavy (non-hydrogen) atoms. The highest BCUT2D eigenvalue weighted by molar-refractivity contribution is 6.31. The van der Waals surface area contributed by atoms with E-state index in [4.69, 9.17) is 16.3 Å². The lowest BCUT2D eigenvalue weighted by Crippen LogP contribution is -2.05. The Bertz CT molecular complexity index is 1260. The Morgan fingerprint density at radius 1 is 1.03 bits per heavy atom. The van der Waals surface area contributed by atoms with Crippen LogP contribution in [0.4, 0.5) is 0 Å². The maximum Gasteiger partial charge on any atom is 0.188 e. The zero-order chi connectivity index (χ0) is 21.8. The molecule has 0 spiro atoms. The van der Waals surface area contributed by atoms with Crippen LogP contribution >= 0.6 is 11.6 Å². The van der Waals surface area contributed by atoms with E-state index < -0.39 is 0 Å². The maximum atomic E-state index is 13.3. The third-order valence-corrected chi connectivity index (χ3v) is 5.29. The molecule has 0 radical (unpaired) electrons. The predicted molar refractivity (Wildman–Crippen MR) is 128 cm³/mol. The summed E-state index contributed by atoms with van der Waals surface area (Å²) in [7, 11) is 0. The van der Waals surface area contributed by atoms with Crippen LogP contribution in [0, 0.1) is 6.92 Å². The van der Waals surface area contributed by atoms with E-state index in [1.165, 1.54) is 0 Å². The molecule has 1 heterocycles. The van der Waals surface area contributed by atoms with Crippen molar-refractivity contribution in [3.63, 3.8) is 0 Å². The molecule has 0 aliphatic carbocycles. The van der Waals surface area contributed by atoms with Gasteiger partial charge in [-0.25, -0.2) is 0 Å². The van der Waals surface area contributed by atoms with Gasteiger partial charge in [0, 0.05) is 21.7 Å². The van der Waals surface area contributed by atoms with Gasteiger partial charge in [-0.15, -0.1) is 0 Å². The summed E-state index contributed by atoms with van der Waals surface area (Å²) in [6, 6.07) is 23.1. The van der Waals surface area contributed by atoms with Gasteiger partial charge in [0.05, 0.1) is 17.7 Å². The zero-order valence-electron chi connectivity index (χ0n) is 17.4. The van der Waals surface area contributed by atoms with Gasteiger partial charge < -0.3 is 4.74 Å². The van der Waals surface area contributed by atoms with Crippen molar-refractivity contribution in [2.45, 2.75) is 13.8 Å². The van der Waals surface area contributed by atoms with Crippen LogP contribution in [0.15, 0.2) is 78.9 Å². The third-order valence-electron chi connectivity index (χ3n) is 5.06. The number of aryl methyl sites for hydroxylation is 1. The molecular weight excluding hydrogens is 406 g/mol. The molecule has 0 aliphatic heterocycles. The predicted octanol–water partition coefficient (Wildman–Crippen LogP) is 7.16. The van der Waals surface area contributed by atoms with Crippen LogP contribution in [0.3, 0.4) is 0 Å². The summed E-state index contributed by atoms with van der Waals surface area (Å²) in [5.74, 6) is 0.711. The lowest BCUT2D eigenvalue weighted by Gasteiger charge is -2.14. The molecule has 154 valence electrons. The third kappa shape index (κ3) is 4.52. The number of carbonyl (C=O) groups is 1. The number of fused-ring (bicyclic) bond motifs is 1. The van der Waals surface area contributed by atoms with Gasteiger partial charge in [-0.2, -0.15) is 0 Å². The monoisotopic (exact) mass is 427 g/mol. The highest BCUT2D eigenvalue weighted by Gasteiger charge is 2.19. The molecule has 0 atom stereocenters. The minimum absolute atomic E-state index is 0.0976. The molecule has 4 rings (SSSR count). The Morgan fingerprint density at radius 2 is 1.77 bits per heavy atom. The Balaban J connectivity index is 1.80. The summed E-state index contributed by atoms with van der Waals surface area (Å²) in [6.07, 6.45) is 3.41. The van der Waals surface area contributed by atoms with E-state index in [1.54, 1.807) is 6.08 Å². The van der Waals surface area contributed by atoms with Gasteiger partial charge in [0.1, 0.15) is 5.75 Å². The van der Waals surface area contributed by atoms with Gasteiger partial charge in [0.15, 0.2) is 5.78 Å². The van der Waals surface area contributed by atoms with Crippen molar-refractivity contribution in [1.29, 1.82) is 0 Å². The summed E-state index contributed by atoms with van der Waals surface area (Å²) in [5, 5.41) is 1.47. The van der Waals surface area contributed by atoms with Gasteiger partial charge >= 0.3 is 0 Å². The number of nitrogens with zero attached hydrogens (tertiary/aromatic N) is 1. The Labute approximate surface area is 187 Å². The second-order valence-corrected chi connectivity index (χ2v) is 7.61. The molecule has 3 aromatic carbocycles. The largest absolute Gasteiger partial charge is 0.494 e. The van der Waals surface area contributed by atoms with Gasteiger partial charge in [-0.1, -0.05) is 60.1 Å². The molecule has 0 N–H and O–H groups in total. The Kier molecular flexibility index (Phi) is 6.15. The molecule has 0 saturated carbocycles. The SMILES string of the molecule is CCOc1ccc(/C=C/C(=O)c2c(C)nc3ccc(Cl)cc3c2-c2ccccc2)cc1. The number of allylic oxidation sites excluding steroid dienone is 1. The van der Waals surface area contributed by atoms with Crippen molar-refractivity contribution < 1.29 is 9.53 Å². The minimum atomic E-state index is -0.0976. The van der Waals surface area contributed by atoms with Crippen molar-refractivity contribution in [3.05, 3.63) is 101 Å². The molecule has 0 fully saturated rings. The van der Waals surface area contributed by atoms with Crippen LogP contribution in [0.25, 0.3) is 28.1 Å². The smallest absolute Gasteiger partial charge is 0.188 e. The first-order valence-electron chi connectivity index (χ1n) is 10.2. The van der Waals surface area contributed by atoms with Crippen molar-refractivity contribution >= 4 is 34.4 Å². The number of pyridine rings is 1. The van der Waals surface area contributed by atoms with Crippen LogP contribution in [0.5, 0.6) is 5.75 Å². The van der Waals surface area contributed by atoms with Crippen LogP contribution in [0.2, 0.25) is 5.02 Å². The second kappa shape index (κ2) is 9.15. The second-order valence-electron chi connectivity index (χ2n) is 7.17. The number of ketones is 1. The lowest BCUT2D eigenvalue weighted by atomic mass is 9.92. The molecule has 0 unspecified atom stereocenters. The number of halogens is 1. The standard InChI is InChI=1S/C27H22ClNO2/c1-3-31-22-13-9-19(10-14-22)11-16-25(30)26-18(2)29-24-15-12-21(28)17-23(24)27(26)20-7-5-4-6-8-20/h4-17H,3H2,1-2H3/b16-11+. The molecule has 1 aromatic heterocycles. The normalized spacial score (nSPS) is 11.2. The van der Waals surface area contributed by atoms with Crippen molar-refractivity contribution in [2.24, 2.45) is 0 Å². The average Bonchev–Trinajstić information content (AvgIpc) is 2.78. The molecule has 3 nitrogen and oxygen atoms in total. The fourth-order valence-corrected chi connectivity index (χ4v) is 3.83. The van der Waals surface area contributed by atoms with Gasteiger partial charge in [-0.3, -0.25) is 9.78 Å². The minimum Gasteiger partial charge on any atom is -0.494 e. The fourth-order valence-electron chi connectivity index (χ4n) is 3.66. The van der Waals surface area contributed by atoms with Crippen LogP contribution in [-0.4, -0.2) is 17.4 Å². The number of aromatic nitrogens is 1. The molecule has 4 aromatic rings. The van der Waals surface area contributed by atoms with Crippen molar-refractivity contribution in [1.82, 2.24) is 4.98 Å². The van der Waals surface area contributed by atoms with Crippen LogP contribution < -0.4 is 4.74 Å². The molecular formula is C27H22ClNO2. The molecule has 0 amide bonds. The number of benzene rings is 3. The number of rotatable bonds is 6. The van der Waals surface area contributed by atoms with E-state index in [-0.39, 0.29) is 5.78 Å². The molecule has 0 saturated heterocycles. The summed E-state index contributed by atoms with van der Waals surface area (Å²) >= 11 is 6.29. The van der Waals surface area contributed by atoms with E-state index in [1.807, 2.05) is 92.7 Å². The van der Waals surface area contributed by atoms with E-state index in [0.29, 0.717) is 22.9 Å². The Hall–Kier alpha value is -3.43. The first-order chi connectivity index (χ1) is 15.1.